The van der Waals surface area contributed by atoms with Gasteiger partial charge >= 0.3 is 0 Å². The molecule has 1 aromatic rings. The SMILES string of the molecule is CCC(=O)N1CCC2(c3ccccc3)CCN(CC)C2C1. The summed E-state index contributed by atoms with van der Waals surface area (Å²) >= 11 is 0. The number of carbonyl (C=O) groups is 1. The van der Waals surface area contributed by atoms with Crippen molar-refractivity contribution in [2.75, 3.05) is 26.2 Å². The minimum absolute atomic E-state index is 0.252. The Morgan fingerprint density at radius 1 is 1.19 bits per heavy atom. The smallest absolute Gasteiger partial charge is 0.222 e. The Morgan fingerprint density at radius 3 is 2.57 bits per heavy atom. The summed E-state index contributed by atoms with van der Waals surface area (Å²) in [4.78, 5) is 16.8. The first-order valence-electron chi connectivity index (χ1n) is 8.28. The molecule has 2 saturated heterocycles. The molecule has 2 heterocycles. The molecule has 2 unspecified atom stereocenters. The summed E-state index contributed by atoms with van der Waals surface area (Å²) in [6.45, 7) is 8.25. The third-order valence-corrected chi connectivity index (χ3v) is 5.55. The van der Waals surface area contributed by atoms with Gasteiger partial charge in [-0.3, -0.25) is 9.69 Å². The third-order valence-electron chi connectivity index (χ3n) is 5.55. The van der Waals surface area contributed by atoms with Gasteiger partial charge in [-0.05, 0) is 31.5 Å². The molecule has 0 saturated carbocycles. The Balaban J connectivity index is 1.92. The van der Waals surface area contributed by atoms with Gasteiger partial charge in [0, 0.05) is 31.0 Å². The van der Waals surface area contributed by atoms with Gasteiger partial charge in [0.05, 0.1) is 0 Å². The summed E-state index contributed by atoms with van der Waals surface area (Å²) in [5.41, 5.74) is 1.72. The van der Waals surface area contributed by atoms with E-state index in [2.05, 4.69) is 47.1 Å². The van der Waals surface area contributed by atoms with Crippen molar-refractivity contribution in [3.05, 3.63) is 35.9 Å². The number of likely N-dealkylation sites (tertiary alicyclic amines) is 2. The van der Waals surface area contributed by atoms with Crippen LogP contribution in [-0.2, 0) is 10.2 Å². The Kier molecular flexibility index (Phi) is 4.03. The summed E-state index contributed by atoms with van der Waals surface area (Å²) in [7, 11) is 0. The van der Waals surface area contributed by atoms with Gasteiger partial charge in [0.15, 0.2) is 0 Å². The number of carbonyl (C=O) groups excluding carboxylic acids is 1. The predicted molar refractivity (Wildman–Crippen MR) is 85.3 cm³/mol. The summed E-state index contributed by atoms with van der Waals surface area (Å²) in [5.74, 6) is 0.305. The number of hydrogen-bond donors (Lipinski definition) is 0. The van der Waals surface area contributed by atoms with Crippen molar-refractivity contribution < 1.29 is 4.79 Å². The van der Waals surface area contributed by atoms with Crippen molar-refractivity contribution in [2.24, 2.45) is 0 Å². The quantitative estimate of drug-likeness (QED) is 0.853. The van der Waals surface area contributed by atoms with E-state index in [4.69, 9.17) is 0 Å². The van der Waals surface area contributed by atoms with Gasteiger partial charge in [0.1, 0.15) is 0 Å². The van der Waals surface area contributed by atoms with Crippen LogP contribution in [0.25, 0.3) is 0 Å². The van der Waals surface area contributed by atoms with Gasteiger partial charge in [0.25, 0.3) is 0 Å². The first-order valence-corrected chi connectivity index (χ1v) is 8.28. The van der Waals surface area contributed by atoms with Crippen LogP contribution >= 0.6 is 0 Å². The number of likely N-dealkylation sites (N-methyl/N-ethyl adjacent to an activating group) is 1. The molecule has 3 rings (SSSR count). The molecular formula is C18H26N2O. The Bertz CT molecular complexity index is 501. The van der Waals surface area contributed by atoms with E-state index in [1.54, 1.807) is 0 Å². The van der Waals surface area contributed by atoms with Gasteiger partial charge in [0.2, 0.25) is 5.91 Å². The van der Waals surface area contributed by atoms with E-state index in [9.17, 15) is 4.79 Å². The highest BCUT2D eigenvalue weighted by molar-refractivity contribution is 5.76. The highest BCUT2D eigenvalue weighted by Crippen LogP contribution is 2.45. The van der Waals surface area contributed by atoms with Crippen LogP contribution in [0.4, 0.5) is 0 Å². The molecule has 21 heavy (non-hydrogen) atoms. The third kappa shape index (κ3) is 2.38. The molecule has 114 valence electrons. The van der Waals surface area contributed by atoms with Crippen LogP contribution in [0.5, 0.6) is 0 Å². The number of nitrogens with zero attached hydrogens (tertiary/aromatic N) is 2. The fourth-order valence-corrected chi connectivity index (χ4v) is 4.31. The van der Waals surface area contributed by atoms with Crippen LogP contribution in [-0.4, -0.2) is 47.9 Å². The lowest BCUT2D eigenvalue weighted by molar-refractivity contribution is -0.133. The van der Waals surface area contributed by atoms with Crippen LogP contribution < -0.4 is 0 Å². The van der Waals surface area contributed by atoms with E-state index in [-0.39, 0.29) is 5.41 Å². The zero-order valence-corrected chi connectivity index (χ0v) is 13.2. The lowest BCUT2D eigenvalue weighted by atomic mass is 9.69. The molecule has 0 aromatic heterocycles. The van der Waals surface area contributed by atoms with Crippen LogP contribution in [0.15, 0.2) is 30.3 Å². The topological polar surface area (TPSA) is 23.6 Å². The van der Waals surface area contributed by atoms with Gasteiger partial charge in [-0.2, -0.15) is 0 Å². The second kappa shape index (κ2) is 5.80. The maximum atomic E-state index is 12.1. The normalized spacial score (nSPS) is 29.4. The van der Waals surface area contributed by atoms with Crippen LogP contribution in [0, 0.1) is 0 Å². The number of piperidine rings is 1. The molecule has 2 fully saturated rings. The molecule has 1 amide bonds. The fourth-order valence-electron chi connectivity index (χ4n) is 4.31. The maximum absolute atomic E-state index is 12.1. The molecule has 0 spiro atoms. The van der Waals surface area contributed by atoms with Crippen molar-refractivity contribution >= 4 is 5.91 Å². The maximum Gasteiger partial charge on any atom is 0.222 e. The monoisotopic (exact) mass is 286 g/mol. The molecule has 0 aliphatic carbocycles. The summed E-state index contributed by atoms with van der Waals surface area (Å²) in [6.07, 6.45) is 2.95. The highest BCUT2D eigenvalue weighted by Gasteiger charge is 2.51. The van der Waals surface area contributed by atoms with E-state index in [1.807, 2.05) is 6.92 Å². The number of rotatable bonds is 3. The second-order valence-corrected chi connectivity index (χ2v) is 6.36. The van der Waals surface area contributed by atoms with Gasteiger partial charge in [-0.1, -0.05) is 44.2 Å². The molecule has 0 radical (unpaired) electrons. The number of hydrogen-bond acceptors (Lipinski definition) is 2. The average molecular weight is 286 g/mol. The second-order valence-electron chi connectivity index (χ2n) is 6.36. The molecule has 0 N–H and O–H groups in total. The molecule has 2 aliphatic rings. The predicted octanol–water partition coefficient (Wildman–Crippen LogP) is 2.66. The summed E-state index contributed by atoms with van der Waals surface area (Å²) < 4.78 is 0. The van der Waals surface area contributed by atoms with Crippen molar-refractivity contribution in [3.63, 3.8) is 0 Å². The fraction of sp³-hybridized carbons (Fsp3) is 0.611. The number of fused-ring (bicyclic) bond motifs is 1. The van der Waals surface area contributed by atoms with Gasteiger partial charge in [-0.15, -0.1) is 0 Å². The lowest BCUT2D eigenvalue weighted by Crippen LogP contribution is -2.56. The standard InChI is InChI=1S/C18H26N2O/c1-3-17(21)20-13-11-18(15-8-6-5-7-9-15)10-12-19(4-2)16(18)14-20/h5-9,16H,3-4,10-14H2,1-2H3. The molecule has 2 aliphatic heterocycles. The molecule has 0 bridgehead atoms. The van der Waals surface area contributed by atoms with Gasteiger partial charge < -0.3 is 4.90 Å². The first kappa shape index (κ1) is 14.6. The first-order chi connectivity index (χ1) is 10.2. The molecule has 3 nitrogen and oxygen atoms in total. The van der Waals surface area contributed by atoms with Crippen molar-refractivity contribution in [1.29, 1.82) is 0 Å². The van der Waals surface area contributed by atoms with Crippen LogP contribution in [0.2, 0.25) is 0 Å². The largest absolute Gasteiger partial charge is 0.341 e. The van der Waals surface area contributed by atoms with Crippen molar-refractivity contribution in [3.8, 4) is 0 Å². The zero-order chi connectivity index (χ0) is 14.9. The van der Waals surface area contributed by atoms with E-state index in [1.165, 1.54) is 12.0 Å². The van der Waals surface area contributed by atoms with Gasteiger partial charge in [-0.25, -0.2) is 0 Å². The van der Waals surface area contributed by atoms with E-state index in [0.29, 0.717) is 18.4 Å². The summed E-state index contributed by atoms with van der Waals surface area (Å²) in [5, 5.41) is 0. The van der Waals surface area contributed by atoms with Crippen LogP contribution in [0.3, 0.4) is 0 Å². The number of amides is 1. The Morgan fingerprint density at radius 2 is 1.90 bits per heavy atom. The molecular weight excluding hydrogens is 260 g/mol. The summed E-state index contributed by atoms with van der Waals surface area (Å²) in [6, 6.07) is 11.4. The minimum atomic E-state index is 0.252. The lowest BCUT2D eigenvalue weighted by Gasteiger charge is -2.46. The zero-order valence-electron chi connectivity index (χ0n) is 13.2. The van der Waals surface area contributed by atoms with E-state index < -0.39 is 0 Å². The molecule has 3 heteroatoms. The number of benzene rings is 1. The van der Waals surface area contributed by atoms with Crippen LogP contribution in [0.1, 0.15) is 38.7 Å². The Labute approximate surface area is 127 Å². The molecule has 1 aromatic carbocycles. The minimum Gasteiger partial charge on any atom is -0.341 e. The van der Waals surface area contributed by atoms with E-state index >= 15 is 0 Å². The average Bonchev–Trinajstić information content (AvgIpc) is 2.94. The Hall–Kier alpha value is -1.35. The van der Waals surface area contributed by atoms with E-state index in [0.717, 1.165) is 32.6 Å². The van der Waals surface area contributed by atoms with Crippen molar-refractivity contribution in [2.45, 2.75) is 44.6 Å². The highest BCUT2D eigenvalue weighted by atomic mass is 16.2. The van der Waals surface area contributed by atoms with Crippen molar-refractivity contribution in [1.82, 2.24) is 9.80 Å². The molecule has 2 atom stereocenters.